The average Bonchev–Trinajstić information content (AvgIpc) is 2.89. The molecule has 37 heavy (non-hydrogen) atoms. The summed E-state index contributed by atoms with van der Waals surface area (Å²) >= 11 is 13.3. The second-order valence-electron chi connectivity index (χ2n) is 6.22. The third-order valence-corrected chi connectivity index (χ3v) is 13.0. The van der Waals surface area contributed by atoms with Crippen molar-refractivity contribution in [3.8, 4) is 0 Å². The van der Waals surface area contributed by atoms with Crippen molar-refractivity contribution in [2.45, 2.75) is 6.92 Å². The second-order valence-corrected chi connectivity index (χ2v) is 17.5. The molecule has 0 radical (unpaired) electrons. The number of amides is 1. The minimum atomic E-state index is -0.963. The van der Waals surface area contributed by atoms with Gasteiger partial charge in [0.05, 0.1) is 28.8 Å². The minimum absolute atomic E-state index is 0.0376. The van der Waals surface area contributed by atoms with Gasteiger partial charge in [0.2, 0.25) is 6.40 Å². The zero-order chi connectivity index (χ0) is 27.1. The molecule has 1 atom stereocenters. The third kappa shape index (κ3) is 33.6. The molecular weight excluding hydrogens is 651 g/mol. The van der Waals surface area contributed by atoms with Gasteiger partial charge in [0.1, 0.15) is 5.94 Å². The van der Waals surface area contributed by atoms with Gasteiger partial charge < -0.3 is 15.3 Å². The number of hydrogen-bond donors (Lipinski definition) is 2. The van der Waals surface area contributed by atoms with Gasteiger partial charge in [-0.25, -0.2) is 0 Å². The highest BCUT2D eigenvalue weighted by atomic mass is 32.2. The molecule has 0 rings (SSSR count). The van der Waals surface area contributed by atoms with Crippen LogP contribution >= 0.6 is 94.1 Å². The van der Waals surface area contributed by atoms with Gasteiger partial charge in [0.15, 0.2) is 0 Å². The number of carbonyl (C=O) groups excluding carboxylic acids is 1. The summed E-state index contributed by atoms with van der Waals surface area (Å²) in [7, 11) is -0.963. The van der Waals surface area contributed by atoms with Gasteiger partial charge in [-0.2, -0.15) is 40.2 Å². The highest BCUT2D eigenvalue weighted by Gasteiger charge is 2.02. The van der Waals surface area contributed by atoms with E-state index in [2.05, 4.69) is 22.2 Å². The van der Waals surface area contributed by atoms with Crippen molar-refractivity contribution < 1.29 is 23.9 Å². The summed E-state index contributed by atoms with van der Waals surface area (Å²) in [5, 5.41) is 14.3. The standard InChI is InChI=1S/C20H39N3O5S9/c1-2-29-6-4-22-14-37(26)12-11-33-18-32-9-10-36-20(25)23-5-8-31-17-30-7-3-21-13-27-28-16-35-19-34-15-24/h13-14,24H,2-12,15-19H2,1H3,(H,23,25). The van der Waals surface area contributed by atoms with Gasteiger partial charge in [-0.1, -0.05) is 18.7 Å². The molecule has 0 aromatic heterocycles. The van der Waals surface area contributed by atoms with E-state index in [1.54, 1.807) is 40.8 Å². The van der Waals surface area contributed by atoms with Gasteiger partial charge in [0.25, 0.3) is 5.24 Å². The van der Waals surface area contributed by atoms with E-state index >= 15 is 0 Å². The molecule has 17 heteroatoms. The zero-order valence-corrected chi connectivity index (χ0v) is 28.5. The Morgan fingerprint density at radius 3 is 2.41 bits per heavy atom. The molecule has 8 nitrogen and oxygen atoms in total. The topological polar surface area (TPSA) is 110 Å². The number of rotatable bonds is 28. The van der Waals surface area contributed by atoms with E-state index in [1.165, 1.54) is 41.7 Å². The number of hydrogen-bond acceptors (Lipinski definition) is 15. The van der Waals surface area contributed by atoms with Crippen molar-refractivity contribution in [2.75, 3.05) is 92.8 Å². The lowest BCUT2D eigenvalue weighted by molar-refractivity contribution is -0.196. The molecule has 1 unspecified atom stereocenters. The molecule has 0 aromatic carbocycles. The van der Waals surface area contributed by atoms with Gasteiger partial charge in [-0.3, -0.25) is 19.0 Å². The molecule has 0 aliphatic rings. The number of nitrogens with one attached hydrogen (secondary N) is 1. The first kappa shape index (κ1) is 38.5. The predicted molar refractivity (Wildman–Crippen MR) is 182 cm³/mol. The van der Waals surface area contributed by atoms with Crippen molar-refractivity contribution in [2.24, 2.45) is 9.98 Å². The first-order valence-electron chi connectivity index (χ1n) is 11.4. The fourth-order valence-electron chi connectivity index (χ4n) is 1.84. The Bertz CT molecular complexity index is 596. The second kappa shape index (κ2) is 33.7. The van der Waals surface area contributed by atoms with Crippen molar-refractivity contribution >= 4 is 122 Å². The highest BCUT2D eigenvalue weighted by molar-refractivity contribution is 8.18. The number of aliphatic hydroxyl groups is 1. The molecule has 0 heterocycles. The lowest BCUT2D eigenvalue weighted by Crippen LogP contribution is -2.22. The quantitative estimate of drug-likeness (QED) is 0.0284. The van der Waals surface area contributed by atoms with E-state index in [1.807, 2.05) is 23.5 Å². The van der Waals surface area contributed by atoms with Gasteiger partial charge >= 0.3 is 0 Å². The average molecular weight is 690 g/mol. The molecule has 0 spiro atoms. The van der Waals surface area contributed by atoms with Crippen LogP contribution in [-0.2, 0) is 20.6 Å². The van der Waals surface area contributed by atoms with Crippen LogP contribution in [0, 0.1) is 0 Å². The molecule has 2 N–H and O–H groups in total. The maximum Gasteiger partial charge on any atom is 0.279 e. The Labute approximate surface area is 258 Å². The van der Waals surface area contributed by atoms with E-state index in [0.29, 0.717) is 24.8 Å². The molecule has 0 aliphatic heterocycles. The highest BCUT2D eigenvalue weighted by Crippen LogP contribution is 2.15. The monoisotopic (exact) mass is 689 g/mol. The molecule has 0 aromatic rings. The van der Waals surface area contributed by atoms with Crippen molar-refractivity contribution in [3.05, 3.63) is 0 Å². The van der Waals surface area contributed by atoms with Crippen LogP contribution in [0.5, 0.6) is 0 Å². The largest absolute Gasteiger partial charge is 0.386 e. The summed E-state index contributed by atoms with van der Waals surface area (Å²) in [4.78, 5) is 29.9. The molecule has 1 amide bonds. The fraction of sp³-hybridized carbons (Fsp3) is 0.850. The summed E-state index contributed by atoms with van der Waals surface area (Å²) in [5.74, 6) is 7.62. The molecule has 0 fully saturated rings. The normalized spacial score (nSPS) is 12.5. The first-order valence-corrected chi connectivity index (χ1v) is 21.8. The van der Waals surface area contributed by atoms with E-state index < -0.39 is 10.8 Å². The Kier molecular flexibility index (Phi) is 35.0. The Balaban J connectivity index is 3.30. The van der Waals surface area contributed by atoms with Crippen LogP contribution in [0.4, 0.5) is 4.79 Å². The van der Waals surface area contributed by atoms with E-state index in [-0.39, 0.29) is 11.2 Å². The summed E-state index contributed by atoms with van der Waals surface area (Å²) in [6, 6.07) is 0. The Morgan fingerprint density at radius 1 is 0.892 bits per heavy atom. The van der Waals surface area contributed by atoms with Gasteiger partial charge in [0, 0.05) is 68.6 Å². The minimum Gasteiger partial charge on any atom is -0.386 e. The molecular formula is C20H39N3O5S9. The number of carbonyl (C=O) groups is 1. The van der Waals surface area contributed by atoms with Crippen LogP contribution in [0.3, 0.4) is 0 Å². The van der Waals surface area contributed by atoms with Crippen LogP contribution in [0.25, 0.3) is 0 Å². The molecule has 0 saturated carbocycles. The zero-order valence-electron chi connectivity index (χ0n) is 21.1. The van der Waals surface area contributed by atoms with Crippen molar-refractivity contribution in [1.29, 1.82) is 0 Å². The smallest absolute Gasteiger partial charge is 0.279 e. The maximum atomic E-state index is 11.9. The number of aliphatic hydroxyl groups excluding tert-OH is 1. The van der Waals surface area contributed by atoms with Crippen LogP contribution in [0.15, 0.2) is 9.98 Å². The lowest BCUT2D eigenvalue weighted by atomic mass is 10.8. The lowest BCUT2D eigenvalue weighted by Gasteiger charge is -2.05. The number of nitrogens with zero attached hydrogens (tertiary/aromatic N) is 2. The molecule has 0 saturated heterocycles. The van der Waals surface area contributed by atoms with Crippen LogP contribution in [0.1, 0.15) is 6.92 Å². The molecule has 218 valence electrons. The first-order chi connectivity index (χ1) is 18.2. The van der Waals surface area contributed by atoms with Crippen LogP contribution in [-0.4, -0.2) is 119 Å². The summed E-state index contributed by atoms with van der Waals surface area (Å²) in [6.45, 7) is 4.21. The van der Waals surface area contributed by atoms with Crippen molar-refractivity contribution in [1.82, 2.24) is 5.32 Å². The van der Waals surface area contributed by atoms with Gasteiger partial charge in [-0.05, 0) is 5.75 Å². The molecule has 0 bridgehead atoms. The van der Waals surface area contributed by atoms with E-state index in [4.69, 9.17) is 14.9 Å². The number of aliphatic imine (C=N–C) groups is 2. The van der Waals surface area contributed by atoms with Crippen LogP contribution in [0.2, 0.25) is 0 Å². The molecule has 0 aliphatic carbocycles. The summed E-state index contributed by atoms with van der Waals surface area (Å²) < 4.78 is 11.8. The van der Waals surface area contributed by atoms with Gasteiger partial charge in [-0.15, -0.1) is 47.0 Å². The third-order valence-electron chi connectivity index (χ3n) is 3.44. The van der Waals surface area contributed by atoms with Crippen LogP contribution < -0.4 is 5.32 Å². The van der Waals surface area contributed by atoms with Crippen molar-refractivity contribution in [3.63, 3.8) is 0 Å². The Hall–Kier alpha value is 1.48. The maximum absolute atomic E-state index is 11.9. The fourth-order valence-corrected chi connectivity index (χ4v) is 9.53. The summed E-state index contributed by atoms with van der Waals surface area (Å²) in [5.41, 5.74) is 1.59. The predicted octanol–water partition coefficient (Wildman–Crippen LogP) is 5.11. The van der Waals surface area contributed by atoms with E-state index in [0.717, 1.165) is 62.1 Å². The Morgan fingerprint density at radius 2 is 1.59 bits per heavy atom. The number of thioether (sulfide) groups is 8. The summed E-state index contributed by atoms with van der Waals surface area (Å²) in [6.07, 6.45) is 1.31. The van der Waals surface area contributed by atoms with E-state index in [9.17, 15) is 9.00 Å². The SMILES string of the molecule is CCSCCN=CS(=O)CCSCSCCSC(=O)NCCSCSCCN=COOCSCSCO.